The van der Waals surface area contributed by atoms with Gasteiger partial charge in [0, 0.05) is 18.7 Å². The molecule has 1 aromatic heterocycles. The van der Waals surface area contributed by atoms with Crippen LogP contribution in [0.5, 0.6) is 5.75 Å². The molecule has 1 aliphatic rings. The zero-order valence-electron chi connectivity index (χ0n) is 15.4. The van der Waals surface area contributed by atoms with Gasteiger partial charge in [0.2, 0.25) is 0 Å². The molecule has 3 aromatic rings. The highest BCUT2D eigenvalue weighted by Gasteiger charge is 2.18. The number of furan rings is 1. The van der Waals surface area contributed by atoms with Gasteiger partial charge in [-0.3, -0.25) is 4.90 Å². The van der Waals surface area contributed by atoms with E-state index in [1.54, 1.807) is 6.26 Å². The molecule has 4 heteroatoms. The van der Waals surface area contributed by atoms with Crippen molar-refractivity contribution in [2.45, 2.75) is 32.0 Å². The van der Waals surface area contributed by atoms with Crippen LogP contribution in [-0.2, 0) is 19.5 Å². The van der Waals surface area contributed by atoms with Gasteiger partial charge in [-0.05, 0) is 48.2 Å². The van der Waals surface area contributed by atoms with Crippen molar-refractivity contribution in [1.29, 1.82) is 0 Å². The fraction of sp³-hybridized carbons (Fsp3) is 0.304. The number of hydrogen-bond donors (Lipinski definition) is 1. The standard InChI is InChI=1S/C23H25NO3/c25-22(10-8-18-5-2-1-3-6-18)19-9-11-23-20(15-19)16-24(12-14-27-23)17-21-7-4-13-26-21/h1-7,9,11,13,15,22,25H,8,10,12,14,16-17H2/t22-/m1/s1. The van der Waals surface area contributed by atoms with Gasteiger partial charge >= 0.3 is 0 Å². The van der Waals surface area contributed by atoms with Crippen LogP contribution in [0.25, 0.3) is 0 Å². The Morgan fingerprint density at radius 3 is 2.74 bits per heavy atom. The van der Waals surface area contributed by atoms with Crippen molar-refractivity contribution in [1.82, 2.24) is 4.90 Å². The molecular formula is C23H25NO3. The minimum atomic E-state index is -0.475. The lowest BCUT2D eigenvalue weighted by Gasteiger charge is -2.18. The second-order valence-electron chi connectivity index (χ2n) is 7.05. The molecule has 1 N–H and O–H groups in total. The van der Waals surface area contributed by atoms with Crippen molar-refractivity contribution in [3.63, 3.8) is 0 Å². The molecule has 0 unspecified atom stereocenters. The zero-order chi connectivity index (χ0) is 18.5. The van der Waals surface area contributed by atoms with E-state index in [4.69, 9.17) is 9.15 Å². The second-order valence-corrected chi connectivity index (χ2v) is 7.05. The molecule has 1 aliphatic heterocycles. The molecule has 0 radical (unpaired) electrons. The van der Waals surface area contributed by atoms with E-state index in [0.717, 1.165) is 48.7 Å². The van der Waals surface area contributed by atoms with E-state index in [1.165, 1.54) is 5.56 Å². The van der Waals surface area contributed by atoms with Gasteiger partial charge in [-0.25, -0.2) is 0 Å². The van der Waals surface area contributed by atoms with E-state index in [0.29, 0.717) is 13.0 Å². The monoisotopic (exact) mass is 363 g/mol. The minimum absolute atomic E-state index is 0.475. The normalized spacial score (nSPS) is 15.6. The number of nitrogens with zero attached hydrogens (tertiary/aromatic N) is 1. The lowest BCUT2D eigenvalue weighted by molar-refractivity contribution is 0.167. The first-order chi connectivity index (χ1) is 13.3. The summed E-state index contributed by atoms with van der Waals surface area (Å²) >= 11 is 0. The number of ether oxygens (including phenoxy) is 1. The molecule has 4 nitrogen and oxygen atoms in total. The molecule has 0 amide bonds. The summed E-state index contributed by atoms with van der Waals surface area (Å²) < 4.78 is 11.4. The van der Waals surface area contributed by atoms with Crippen LogP contribution >= 0.6 is 0 Å². The van der Waals surface area contributed by atoms with Crippen LogP contribution in [0.4, 0.5) is 0 Å². The third kappa shape index (κ3) is 4.59. The Balaban J connectivity index is 1.44. The van der Waals surface area contributed by atoms with Crippen LogP contribution < -0.4 is 4.74 Å². The van der Waals surface area contributed by atoms with Gasteiger partial charge in [0.1, 0.15) is 18.1 Å². The third-order valence-corrected chi connectivity index (χ3v) is 5.04. The van der Waals surface area contributed by atoms with Crippen LogP contribution in [0.2, 0.25) is 0 Å². The molecule has 0 fully saturated rings. The first-order valence-corrected chi connectivity index (χ1v) is 9.50. The van der Waals surface area contributed by atoms with Crippen molar-refractivity contribution in [3.05, 3.63) is 89.4 Å². The van der Waals surface area contributed by atoms with Crippen LogP contribution in [-0.4, -0.2) is 23.2 Å². The molecule has 0 spiro atoms. The van der Waals surface area contributed by atoms with Crippen LogP contribution in [0, 0.1) is 0 Å². The molecule has 0 aliphatic carbocycles. The first kappa shape index (κ1) is 17.8. The highest BCUT2D eigenvalue weighted by atomic mass is 16.5. The number of aryl methyl sites for hydroxylation is 1. The molecule has 0 bridgehead atoms. The predicted octanol–water partition coefficient (Wildman–Crippen LogP) is 4.34. The van der Waals surface area contributed by atoms with Gasteiger partial charge in [0.25, 0.3) is 0 Å². The van der Waals surface area contributed by atoms with E-state index in [-0.39, 0.29) is 0 Å². The van der Waals surface area contributed by atoms with Gasteiger partial charge in [-0.1, -0.05) is 36.4 Å². The number of aliphatic hydroxyl groups is 1. The molecule has 4 rings (SSSR count). The quantitative estimate of drug-likeness (QED) is 0.708. The first-order valence-electron chi connectivity index (χ1n) is 9.50. The Labute approximate surface area is 160 Å². The van der Waals surface area contributed by atoms with Crippen molar-refractivity contribution < 1.29 is 14.3 Å². The molecule has 1 atom stereocenters. The molecule has 0 saturated heterocycles. The van der Waals surface area contributed by atoms with E-state index in [2.05, 4.69) is 23.1 Å². The van der Waals surface area contributed by atoms with Crippen molar-refractivity contribution in [2.75, 3.05) is 13.2 Å². The molecular weight excluding hydrogens is 338 g/mol. The summed E-state index contributed by atoms with van der Waals surface area (Å²) in [5.74, 6) is 1.87. The summed E-state index contributed by atoms with van der Waals surface area (Å²) in [6.07, 6.45) is 2.80. The van der Waals surface area contributed by atoms with Gasteiger partial charge in [0.15, 0.2) is 0 Å². The molecule has 140 valence electrons. The van der Waals surface area contributed by atoms with Crippen molar-refractivity contribution in [2.24, 2.45) is 0 Å². The maximum atomic E-state index is 10.7. The summed E-state index contributed by atoms with van der Waals surface area (Å²) in [5.41, 5.74) is 3.32. The fourth-order valence-corrected chi connectivity index (χ4v) is 3.55. The summed E-state index contributed by atoms with van der Waals surface area (Å²) in [7, 11) is 0. The molecule has 2 heterocycles. The smallest absolute Gasteiger partial charge is 0.123 e. The van der Waals surface area contributed by atoms with E-state index < -0.39 is 6.10 Å². The van der Waals surface area contributed by atoms with Crippen LogP contribution in [0.15, 0.2) is 71.3 Å². The van der Waals surface area contributed by atoms with E-state index in [9.17, 15) is 5.11 Å². The third-order valence-electron chi connectivity index (χ3n) is 5.04. The number of hydrogen-bond acceptors (Lipinski definition) is 4. The summed E-state index contributed by atoms with van der Waals surface area (Å²) in [6.45, 7) is 3.05. The highest BCUT2D eigenvalue weighted by molar-refractivity contribution is 5.38. The zero-order valence-corrected chi connectivity index (χ0v) is 15.4. The average Bonchev–Trinajstić information content (AvgIpc) is 3.12. The van der Waals surface area contributed by atoms with Gasteiger partial charge in [-0.2, -0.15) is 0 Å². The maximum absolute atomic E-state index is 10.7. The number of benzene rings is 2. The summed E-state index contributed by atoms with van der Waals surface area (Å²) in [5, 5.41) is 10.7. The fourth-order valence-electron chi connectivity index (χ4n) is 3.55. The van der Waals surface area contributed by atoms with Crippen molar-refractivity contribution in [3.8, 4) is 5.75 Å². The van der Waals surface area contributed by atoms with Gasteiger partial charge < -0.3 is 14.3 Å². The number of fused-ring (bicyclic) bond motifs is 1. The van der Waals surface area contributed by atoms with E-state index >= 15 is 0 Å². The number of aliphatic hydroxyl groups excluding tert-OH is 1. The second kappa shape index (κ2) is 8.42. The lowest BCUT2D eigenvalue weighted by atomic mass is 9.99. The molecule has 0 saturated carbocycles. The Kier molecular flexibility index (Phi) is 5.56. The Bertz CT molecular complexity index is 845. The average molecular weight is 363 g/mol. The molecule has 2 aromatic carbocycles. The van der Waals surface area contributed by atoms with Crippen LogP contribution in [0.3, 0.4) is 0 Å². The Hall–Kier alpha value is -2.56. The Morgan fingerprint density at radius 1 is 1.04 bits per heavy atom. The Morgan fingerprint density at radius 2 is 1.93 bits per heavy atom. The minimum Gasteiger partial charge on any atom is -0.492 e. The summed E-state index contributed by atoms with van der Waals surface area (Å²) in [6, 6.07) is 20.3. The lowest BCUT2D eigenvalue weighted by Crippen LogP contribution is -2.25. The number of rotatable bonds is 6. The SMILES string of the molecule is O[C@H](CCc1ccccc1)c1ccc2c(c1)CN(Cc1ccco1)CCO2. The highest BCUT2D eigenvalue weighted by Crippen LogP contribution is 2.29. The predicted molar refractivity (Wildman–Crippen MR) is 104 cm³/mol. The van der Waals surface area contributed by atoms with Crippen LogP contribution in [0.1, 0.15) is 35.0 Å². The summed E-state index contributed by atoms with van der Waals surface area (Å²) in [4.78, 5) is 2.31. The maximum Gasteiger partial charge on any atom is 0.123 e. The van der Waals surface area contributed by atoms with Gasteiger partial charge in [0.05, 0.1) is 18.9 Å². The van der Waals surface area contributed by atoms with E-state index in [1.807, 2.05) is 42.5 Å². The topological polar surface area (TPSA) is 45.8 Å². The largest absolute Gasteiger partial charge is 0.492 e. The van der Waals surface area contributed by atoms with Crippen molar-refractivity contribution >= 4 is 0 Å². The molecule has 27 heavy (non-hydrogen) atoms. The van der Waals surface area contributed by atoms with Gasteiger partial charge in [-0.15, -0.1) is 0 Å².